The molecule has 0 unspecified atom stereocenters. The summed E-state index contributed by atoms with van der Waals surface area (Å²) in [5.41, 5.74) is 5.32. The van der Waals surface area contributed by atoms with Crippen molar-refractivity contribution < 1.29 is 13.2 Å². The van der Waals surface area contributed by atoms with Crippen LogP contribution in [-0.4, -0.2) is 11.2 Å². The second-order valence-corrected chi connectivity index (χ2v) is 2.74. The third-order valence-electron chi connectivity index (χ3n) is 1.77. The molecule has 72 valence electrons. The predicted octanol–water partition coefficient (Wildman–Crippen LogP) is 2.33. The van der Waals surface area contributed by atoms with Gasteiger partial charge in [0, 0.05) is 6.20 Å². The zero-order chi connectivity index (χ0) is 10.1. The molecule has 0 aliphatic carbocycles. The maximum Gasteiger partial charge on any atom is 0.397 e. The predicted molar refractivity (Wildman–Crippen MR) is 43.1 cm³/mol. The minimum atomic E-state index is -4.29. The molecular formula is C8H9F3N2. The molecule has 2 nitrogen and oxygen atoms in total. The Morgan fingerprint density at radius 1 is 1.46 bits per heavy atom. The Labute approximate surface area is 73.6 Å². The lowest BCUT2D eigenvalue weighted by atomic mass is 10.1. The number of nitrogens with two attached hydrogens (primary N) is 1. The van der Waals surface area contributed by atoms with Gasteiger partial charge in [0.25, 0.3) is 0 Å². The van der Waals surface area contributed by atoms with E-state index in [4.69, 9.17) is 5.73 Å². The van der Waals surface area contributed by atoms with Crippen LogP contribution in [-0.2, 0) is 0 Å². The van der Waals surface area contributed by atoms with E-state index in [1.807, 2.05) is 0 Å². The SMILES string of the molecule is C[C@@H](c1ncccc1N)C(F)(F)F. The number of nitrogen functional groups attached to an aromatic ring is 1. The second-order valence-electron chi connectivity index (χ2n) is 2.74. The Balaban J connectivity index is 3.02. The Kier molecular flexibility index (Phi) is 2.45. The van der Waals surface area contributed by atoms with E-state index in [9.17, 15) is 13.2 Å². The average Bonchev–Trinajstić information content (AvgIpc) is 2.02. The Morgan fingerprint density at radius 2 is 2.08 bits per heavy atom. The van der Waals surface area contributed by atoms with Crippen LogP contribution >= 0.6 is 0 Å². The highest BCUT2D eigenvalue weighted by Crippen LogP contribution is 2.35. The molecule has 1 aromatic rings. The largest absolute Gasteiger partial charge is 0.397 e. The van der Waals surface area contributed by atoms with Crippen LogP contribution in [0.3, 0.4) is 0 Å². The molecule has 2 N–H and O–H groups in total. The molecule has 1 heterocycles. The van der Waals surface area contributed by atoms with Gasteiger partial charge in [-0.15, -0.1) is 0 Å². The third kappa shape index (κ3) is 2.11. The molecule has 0 radical (unpaired) electrons. The molecule has 0 saturated carbocycles. The molecule has 0 aliphatic heterocycles. The van der Waals surface area contributed by atoms with Gasteiger partial charge in [-0.1, -0.05) is 0 Å². The second kappa shape index (κ2) is 3.24. The highest BCUT2D eigenvalue weighted by Gasteiger charge is 2.38. The Bertz CT molecular complexity index is 296. The topological polar surface area (TPSA) is 38.9 Å². The zero-order valence-corrected chi connectivity index (χ0v) is 6.97. The molecular weight excluding hydrogens is 181 g/mol. The molecule has 0 fully saturated rings. The van der Waals surface area contributed by atoms with Crippen LogP contribution in [0.5, 0.6) is 0 Å². The molecule has 0 saturated heterocycles. The number of hydrogen-bond donors (Lipinski definition) is 1. The van der Waals surface area contributed by atoms with E-state index in [1.54, 1.807) is 0 Å². The fourth-order valence-electron chi connectivity index (χ4n) is 0.947. The van der Waals surface area contributed by atoms with E-state index in [0.29, 0.717) is 0 Å². The molecule has 1 atom stereocenters. The van der Waals surface area contributed by atoms with Crippen LogP contribution in [0.4, 0.5) is 18.9 Å². The van der Waals surface area contributed by atoms with Gasteiger partial charge in [-0.05, 0) is 19.1 Å². The molecule has 1 aromatic heterocycles. The molecule has 0 aliphatic rings. The van der Waals surface area contributed by atoms with E-state index >= 15 is 0 Å². The Morgan fingerprint density at radius 3 is 2.54 bits per heavy atom. The highest BCUT2D eigenvalue weighted by molar-refractivity contribution is 5.44. The van der Waals surface area contributed by atoms with Crippen LogP contribution in [0.2, 0.25) is 0 Å². The number of alkyl halides is 3. The van der Waals surface area contributed by atoms with Crippen LogP contribution in [0.1, 0.15) is 18.5 Å². The molecule has 0 aromatic carbocycles. The summed E-state index contributed by atoms with van der Waals surface area (Å²) in [5.74, 6) is -1.62. The first-order valence-corrected chi connectivity index (χ1v) is 3.70. The summed E-state index contributed by atoms with van der Waals surface area (Å²) in [6, 6.07) is 2.91. The van der Waals surface area contributed by atoms with E-state index in [1.165, 1.54) is 18.3 Å². The highest BCUT2D eigenvalue weighted by atomic mass is 19.4. The lowest BCUT2D eigenvalue weighted by Crippen LogP contribution is -2.19. The van der Waals surface area contributed by atoms with Crippen LogP contribution < -0.4 is 5.73 Å². The van der Waals surface area contributed by atoms with Gasteiger partial charge in [0.15, 0.2) is 0 Å². The van der Waals surface area contributed by atoms with Gasteiger partial charge in [0.1, 0.15) is 0 Å². The van der Waals surface area contributed by atoms with Gasteiger partial charge >= 0.3 is 6.18 Å². The molecule has 0 spiro atoms. The van der Waals surface area contributed by atoms with Gasteiger partial charge in [0.05, 0.1) is 17.3 Å². The van der Waals surface area contributed by atoms with Crippen molar-refractivity contribution in [2.24, 2.45) is 0 Å². The van der Waals surface area contributed by atoms with Crippen molar-refractivity contribution in [3.05, 3.63) is 24.0 Å². The summed E-state index contributed by atoms with van der Waals surface area (Å²) in [5, 5.41) is 0. The number of rotatable bonds is 1. The van der Waals surface area contributed by atoms with Gasteiger partial charge in [-0.3, -0.25) is 4.98 Å². The van der Waals surface area contributed by atoms with Crippen molar-refractivity contribution >= 4 is 5.69 Å². The molecule has 5 heteroatoms. The fourth-order valence-corrected chi connectivity index (χ4v) is 0.947. The number of aromatic nitrogens is 1. The van der Waals surface area contributed by atoms with Gasteiger partial charge < -0.3 is 5.73 Å². The van der Waals surface area contributed by atoms with Crippen LogP contribution in [0.25, 0.3) is 0 Å². The number of nitrogens with zero attached hydrogens (tertiary/aromatic N) is 1. The summed E-state index contributed by atoms with van der Waals surface area (Å²) in [6.45, 7) is 1.04. The lowest BCUT2D eigenvalue weighted by Gasteiger charge is -2.16. The van der Waals surface area contributed by atoms with E-state index in [-0.39, 0.29) is 11.4 Å². The molecule has 0 bridgehead atoms. The van der Waals surface area contributed by atoms with Crippen molar-refractivity contribution in [1.82, 2.24) is 4.98 Å². The minimum absolute atomic E-state index is 0.0762. The molecule has 1 rings (SSSR count). The Hall–Kier alpha value is -1.26. The van der Waals surface area contributed by atoms with Gasteiger partial charge in [-0.25, -0.2) is 0 Å². The number of halogens is 3. The average molecular weight is 190 g/mol. The van der Waals surface area contributed by atoms with Crippen LogP contribution in [0.15, 0.2) is 18.3 Å². The minimum Gasteiger partial charge on any atom is -0.397 e. The standard InChI is InChI=1S/C8H9F3N2/c1-5(8(9,10)11)7-6(12)3-2-4-13-7/h2-5H,12H2,1H3/t5-/m0/s1. The number of hydrogen-bond acceptors (Lipinski definition) is 2. The van der Waals surface area contributed by atoms with E-state index < -0.39 is 12.1 Å². The molecule has 0 amide bonds. The van der Waals surface area contributed by atoms with Crippen molar-refractivity contribution in [1.29, 1.82) is 0 Å². The van der Waals surface area contributed by atoms with Crippen molar-refractivity contribution in [2.75, 3.05) is 5.73 Å². The summed E-state index contributed by atoms with van der Waals surface area (Å²) in [4.78, 5) is 3.60. The maximum atomic E-state index is 12.2. The van der Waals surface area contributed by atoms with Gasteiger partial charge in [-0.2, -0.15) is 13.2 Å². The van der Waals surface area contributed by atoms with Gasteiger partial charge in [0.2, 0.25) is 0 Å². The zero-order valence-electron chi connectivity index (χ0n) is 6.97. The number of pyridine rings is 1. The van der Waals surface area contributed by atoms with Crippen molar-refractivity contribution in [2.45, 2.75) is 19.0 Å². The maximum absolute atomic E-state index is 12.2. The first kappa shape index (κ1) is 9.83. The quantitative estimate of drug-likeness (QED) is 0.738. The molecule has 13 heavy (non-hydrogen) atoms. The summed E-state index contributed by atoms with van der Waals surface area (Å²) in [6.07, 6.45) is -2.99. The third-order valence-corrected chi connectivity index (χ3v) is 1.77. The van der Waals surface area contributed by atoms with Crippen molar-refractivity contribution in [3.8, 4) is 0 Å². The first-order chi connectivity index (χ1) is 5.93. The first-order valence-electron chi connectivity index (χ1n) is 3.70. The normalized spacial score (nSPS) is 14.2. The lowest BCUT2D eigenvalue weighted by molar-refractivity contribution is -0.146. The monoisotopic (exact) mass is 190 g/mol. The number of anilines is 1. The van der Waals surface area contributed by atoms with E-state index in [2.05, 4.69) is 4.98 Å². The summed E-state index contributed by atoms with van der Waals surface area (Å²) < 4.78 is 36.7. The van der Waals surface area contributed by atoms with E-state index in [0.717, 1.165) is 6.92 Å². The smallest absolute Gasteiger partial charge is 0.397 e. The fraction of sp³-hybridized carbons (Fsp3) is 0.375. The van der Waals surface area contributed by atoms with Crippen molar-refractivity contribution in [3.63, 3.8) is 0 Å². The summed E-state index contributed by atoms with van der Waals surface area (Å²) in [7, 11) is 0. The van der Waals surface area contributed by atoms with Crippen LogP contribution in [0, 0.1) is 0 Å². The summed E-state index contributed by atoms with van der Waals surface area (Å²) >= 11 is 0.